The van der Waals surface area contributed by atoms with Gasteiger partial charge in [-0.1, -0.05) is 90.2 Å². The smallest absolute Gasteiger partial charge is 0.221 e. The van der Waals surface area contributed by atoms with Gasteiger partial charge < -0.3 is 31.5 Å². The molecule has 0 unspecified atom stereocenters. The van der Waals surface area contributed by atoms with Gasteiger partial charge in [0, 0.05) is 25.9 Å². The van der Waals surface area contributed by atoms with Crippen LogP contribution in [0, 0.1) is 0 Å². The summed E-state index contributed by atoms with van der Waals surface area (Å²) in [6, 6.07) is 9.08. The van der Waals surface area contributed by atoms with Gasteiger partial charge in [0.05, 0.1) is 0 Å². The number of nitrogens with one attached hydrogen (secondary N) is 1. The van der Waals surface area contributed by atoms with Gasteiger partial charge in [-0.2, -0.15) is 0 Å². The molecular weight excluding hydrogens is 624 g/mol. The van der Waals surface area contributed by atoms with E-state index in [1.165, 1.54) is 75.6 Å². The van der Waals surface area contributed by atoms with Gasteiger partial charge in [0.2, 0.25) is 11.1 Å². The van der Waals surface area contributed by atoms with Gasteiger partial charge in [-0.25, -0.2) is 0 Å². The number of phenolic OH excluding ortho intramolecular Hbond substituents is 4. The van der Waals surface area contributed by atoms with E-state index in [1.54, 1.807) is 12.1 Å². The zero-order valence-corrected chi connectivity index (χ0v) is 27.7. The van der Waals surface area contributed by atoms with Crippen LogP contribution in [0.3, 0.4) is 0 Å². The maximum atomic E-state index is 11.6. The number of hydrogen-bond acceptors (Lipinski definition) is 7. The van der Waals surface area contributed by atoms with Crippen LogP contribution in [0.1, 0.15) is 115 Å². The normalized spacial score (nSPS) is 9.90. The first kappa shape index (κ1) is 41.6. The number of rotatable bonds is 17. The highest BCUT2D eigenvalue weighted by Crippen LogP contribution is 2.25. The number of carbonyl (C=O) groups excluding carboxylic acids is 2. The van der Waals surface area contributed by atoms with Gasteiger partial charge >= 0.3 is 0 Å². The molecule has 0 aliphatic rings. The van der Waals surface area contributed by atoms with Crippen LogP contribution in [0.5, 0.6) is 23.0 Å². The average molecular weight is 676 g/mol. The fraction of sp³-hybridized carbons (Fsp3) is 0.562. The van der Waals surface area contributed by atoms with Gasteiger partial charge in [-0.05, 0) is 59.8 Å². The minimum atomic E-state index is -0.194. The van der Waals surface area contributed by atoms with Crippen LogP contribution in [0.15, 0.2) is 36.4 Å². The topological polar surface area (TPSA) is 153 Å². The maximum Gasteiger partial charge on any atom is 0.221 e. The Kier molecular flexibility index (Phi) is 27.1. The number of amides is 1. The van der Waals surface area contributed by atoms with Crippen LogP contribution in [0.2, 0.25) is 0 Å². The number of halogens is 2. The number of unbranched alkanes of at least 4 members (excludes halogenated alkanes) is 10. The number of hydrogen-bond donors (Lipinski definition) is 6. The molecule has 0 radical (unpaired) electrons. The zero-order chi connectivity index (χ0) is 30.9. The predicted octanol–water partition coefficient (Wildman–Crippen LogP) is 8.10. The number of carbonyl (C=O) groups is 2. The third-order valence-corrected chi connectivity index (χ3v) is 6.48. The first-order chi connectivity index (χ1) is 19.6. The molecule has 0 aromatic heterocycles. The summed E-state index contributed by atoms with van der Waals surface area (Å²) in [6.45, 7) is 5.13. The summed E-state index contributed by atoms with van der Waals surface area (Å²) in [5, 5.41) is 38.9. The lowest BCUT2D eigenvalue weighted by Gasteiger charge is -2.06. The quantitative estimate of drug-likeness (QED) is 0.0563. The Hall–Kier alpha value is -2.49. The van der Waals surface area contributed by atoms with E-state index in [0.29, 0.717) is 25.9 Å². The van der Waals surface area contributed by atoms with Crippen molar-refractivity contribution in [3.8, 4) is 23.0 Å². The second kappa shape index (κ2) is 27.3. The molecular formula is C32H52BrClN2O6. The monoisotopic (exact) mass is 674 g/mol. The van der Waals surface area contributed by atoms with Crippen LogP contribution in [-0.4, -0.2) is 31.6 Å². The van der Waals surface area contributed by atoms with Gasteiger partial charge in [0.15, 0.2) is 23.0 Å². The Balaban J connectivity index is 0. The largest absolute Gasteiger partial charge is 0.504 e. The summed E-state index contributed by atoms with van der Waals surface area (Å²) in [7, 11) is 0. The second-order valence-corrected chi connectivity index (χ2v) is 10.4. The Morgan fingerprint density at radius 2 is 1.10 bits per heavy atom. The highest BCUT2D eigenvalue weighted by atomic mass is 79.9. The van der Waals surface area contributed by atoms with Crippen molar-refractivity contribution in [1.29, 1.82) is 0 Å². The summed E-state index contributed by atoms with van der Waals surface area (Å²) in [5.74, 6) is -0.506. The van der Waals surface area contributed by atoms with Crippen molar-refractivity contribution in [3.05, 3.63) is 47.5 Å². The molecule has 2 aromatic carbocycles. The van der Waals surface area contributed by atoms with Gasteiger partial charge in [0.1, 0.15) is 0 Å². The molecule has 2 rings (SSSR count). The molecule has 0 bridgehead atoms. The van der Waals surface area contributed by atoms with E-state index in [9.17, 15) is 19.8 Å². The standard InChI is InChI=1S/C16H25NO3.C9H17ClO.C7H9NO2.BrH/c1-2-3-4-5-6-7-8-16(20)17-12-13-9-10-14(18)15(19)11-13;1-2-3-4-5-6-7-8-9(10)11;8-4-5-1-2-6(9)7(10)3-5;/h9-11,18-19H,2-8,12H2,1H3,(H,17,20);2-8H2,1H3;1-3,9-10H,4,8H2;1H. The fourth-order valence-electron chi connectivity index (χ4n) is 3.77. The van der Waals surface area contributed by atoms with Crippen molar-refractivity contribution in [2.45, 2.75) is 117 Å². The van der Waals surface area contributed by atoms with E-state index in [0.717, 1.165) is 36.8 Å². The lowest BCUT2D eigenvalue weighted by Crippen LogP contribution is -2.22. The zero-order valence-electron chi connectivity index (χ0n) is 25.2. The molecule has 0 fully saturated rings. The van der Waals surface area contributed by atoms with Crippen molar-refractivity contribution >= 4 is 39.7 Å². The molecule has 2 aromatic rings. The van der Waals surface area contributed by atoms with Crippen molar-refractivity contribution in [3.63, 3.8) is 0 Å². The molecule has 8 nitrogen and oxygen atoms in total. The minimum absolute atomic E-state index is 0. The Morgan fingerprint density at radius 3 is 1.55 bits per heavy atom. The number of phenols is 4. The lowest BCUT2D eigenvalue weighted by atomic mass is 10.1. The molecule has 0 heterocycles. The van der Waals surface area contributed by atoms with E-state index < -0.39 is 0 Å². The number of nitrogens with two attached hydrogens (primary N) is 1. The van der Waals surface area contributed by atoms with Crippen LogP contribution in [-0.2, 0) is 22.7 Å². The van der Waals surface area contributed by atoms with E-state index in [4.69, 9.17) is 27.5 Å². The van der Waals surface area contributed by atoms with Crippen molar-refractivity contribution in [2.24, 2.45) is 5.73 Å². The fourth-order valence-corrected chi connectivity index (χ4v) is 3.91. The summed E-state index contributed by atoms with van der Waals surface area (Å²) in [4.78, 5) is 21.9. The van der Waals surface area contributed by atoms with Crippen LogP contribution >= 0.6 is 28.6 Å². The van der Waals surface area contributed by atoms with Crippen LogP contribution in [0.25, 0.3) is 0 Å². The lowest BCUT2D eigenvalue weighted by molar-refractivity contribution is -0.121. The highest BCUT2D eigenvalue weighted by molar-refractivity contribution is 8.93. The first-order valence-corrected chi connectivity index (χ1v) is 15.2. The molecule has 42 heavy (non-hydrogen) atoms. The summed E-state index contributed by atoms with van der Waals surface area (Å²) in [5.41, 5.74) is 6.85. The second-order valence-electron chi connectivity index (χ2n) is 10.0. The molecule has 0 spiro atoms. The molecule has 7 N–H and O–H groups in total. The van der Waals surface area contributed by atoms with E-state index in [2.05, 4.69) is 19.2 Å². The average Bonchev–Trinajstić information content (AvgIpc) is 2.95. The molecule has 10 heteroatoms. The van der Waals surface area contributed by atoms with E-state index >= 15 is 0 Å². The summed E-state index contributed by atoms with van der Waals surface area (Å²) < 4.78 is 0. The molecule has 1 amide bonds. The van der Waals surface area contributed by atoms with E-state index in [-0.39, 0.29) is 51.1 Å². The molecule has 0 aliphatic carbocycles. The maximum absolute atomic E-state index is 11.6. The van der Waals surface area contributed by atoms with E-state index in [1.807, 2.05) is 0 Å². The predicted molar refractivity (Wildman–Crippen MR) is 176 cm³/mol. The highest BCUT2D eigenvalue weighted by Gasteiger charge is 2.04. The van der Waals surface area contributed by atoms with Gasteiger partial charge in [0.25, 0.3) is 0 Å². The van der Waals surface area contributed by atoms with Gasteiger partial charge in [-0.3, -0.25) is 9.59 Å². The summed E-state index contributed by atoms with van der Waals surface area (Å²) >= 11 is 5.18. The SMILES string of the molecule is Br.CCCCCCCCC(=O)Cl.CCCCCCCCC(=O)NCc1ccc(O)c(O)c1.NCc1ccc(O)c(O)c1. The Morgan fingerprint density at radius 1 is 0.667 bits per heavy atom. The van der Waals surface area contributed by atoms with Crippen molar-refractivity contribution < 1.29 is 30.0 Å². The van der Waals surface area contributed by atoms with Crippen LogP contribution < -0.4 is 11.1 Å². The summed E-state index contributed by atoms with van der Waals surface area (Å²) in [6.07, 6.45) is 15.3. The Labute approximate surface area is 267 Å². The number of benzene rings is 2. The molecule has 0 aliphatic heterocycles. The third-order valence-electron chi connectivity index (χ3n) is 6.29. The molecule has 240 valence electrons. The molecule has 0 atom stereocenters. The number of aromatic hydroxyl groups is 4. The molecule has 0 saturated carbocycles. The van der Waals surface area contributed by atoms with Crippen molar-refractivity contribution in [1.82, 2.24) is 5.32 Å². The minimum Gasteiger partial charge on any atom is -0.504 e. The third kappa shape index (κ3) is 23.1. The Bertz CT molecular complexity index is 993. The van der Waals surface area contributed by atoms with Crippen LogP contribution in [0.4, 0.5) is 0 Å². The first-order valence-electron chi connectivity index (χ1n) is 14.8. The van der Waals surface area contributed by atoms with Crippen molar-refractivity contribution in [2.75, 3.05) is 0 Å². The van der Waals surface area contributed by atoms with Gasteiger partial charge in [-0.15, -0.1) is 17.0 Å². The molecule has 0 saturated heterocycles.